The summed E-state index contributed by atoms with van der Waals surface area (Å²) in [4.78, 5) is 32.0. The van der Waals surface area contributed by atoms with Gasteiger partial charge in [-0.1, -0.05) is 0 Å². The van der Waals surface area contributed by atoms with Crippen molar-refractivity contribution in [3.8, 4) is 0 Å². The Morgan fingerprint density at radius 3 is 2.85 bits per heavy atom. The van der Waals surface area contributed by atoms with Gasteiger partial charge in [0.1, 0.15) is 5.69 Å². The van der Waals surface area contributed by atoms with E-state index in [4.69, 9.17) is 0 Å². The maximum absolute atomic E-state index is 12.2. The molecule has 0 aliphatic rings. The van der Waals surface area contributed by atoms with E-state index in [1.807, 2.05) is 0 Å². The number of nitrogens with zero attached hydrogens (tertiary/aromatic N) is 4. The van der Waals surface area contributed by atoms with E-state index in [0.717, 1.165) is 0 Å². The van der Waals surface area contributed by atoms with Crippen molar-refractivity contribution < 1.29 is 4.79 Å². The van der Waals surface area contributed by atoms with Crippen molar-refractivity contribution >= 4 is 17.2 Å². The number of nitrogens with one attached hydrogen (secondary N) is 1. The molecule has 100 valence electrons. The Morgan fingerprint density at radius 1 is 1.30 bits per heavy atom. The van der Waals surface area contributed by atoms with Crippen LogP contribution in [0.25, 0.3) is 5.65 Å². The van der Waals surface area contributed by atoms with Crippen molar-refractivity contribution in [2.45, 2.75) is 0 Å². The van der Waals surface area contributed by atoms with Crippen molar-refractivity contribution in [1.29, 1.82) is 0 Å². The third-order valence-electron chi connectivity index (χ3n) is 2.92. The monoisotopic (exact) mass is 269 g/mol. The van der Waals surface area contributed by atoms with Gasteiger partial charge in [-0.05, 0) is 12.1 Å². The lowest BCUT2D eigenvalue weighted by molar-refractivity contribution is 0.101. The molecule has 0 unspecified atom stereocenters. The fraction of sp³-hybridized carbons (Fsp3) is 0.0769. The van der Waals surface area contributed by atoms with Gasteiger partial charge in [0.25, 0.3) is 11.5 Å². The molecule has 0 aliphatic carbocycles. The summed E-state index contributed by atoms with van der Waals surface area (Å²) in [6.45, 7) is 0. The van der Waals surface area contributed by atoms with E-state index < -0.39 is 0 Å². The van der Waals surface area contributed by atoms with Gasteiger partial charge < -0.3 is 5.32 Å². The van der Waals surface area contributed by atoms with E-state index in [9.17, 15) is 9.59 Å². The highest BCUT2D eigenvalue weighted by atomic mass is 16.2. The molecular formula is C13H11N5O2. The Labute approximate surface area is 113 Å². The van der Waals surface area contributed by atoms with Gasteiger partial charge >= 0.3 is 0 Å². The molecule has 0 fully saturated rings. The summed E-state index contributed by atoms with van der Waals surface area (Å²) < 4.78 is 2.80. The van der Waals surface area contributed by atoms with Crippen LogP contribution in [-0.4, -0.2) is 25.1 Å². The molecule has 3 heterocycles. The zero-order chi connectivity index (χ0) is 14.1. The second-order valence-corrected chi connectivity index (χ2v) is 4.20. The summed E-state index contributed by atoms with van der Waals surface area (Å²) >= 11 is 0. The minimum absolute atomic E-state index is 0.238. The van der Waals surface area contributed by atoms with Gasteiger partial charge in [-0.3, -0.25) is 19.3 Å². The van der Waals surface area contributed by atoms with Crippen LogP contribution < -0.4 is 10.9 Å². The molecule has 1 amide bonds. The van der Waals surface area contributed by atoms with Gasteiger partial charge in [0.05, 0.1) is 11.9 Å². The predicted molar refractivity (Wildman–Crippen MR) is 72.6 cm³/mol. The van der Waals surface area contributed by atoms with Crippen LogP contribution >= 0.6 is 0 Å². The second kappa shape index (κ2) is 4.61. The first-order valence-corrected chi connectivity index (χ1v) is 5.92. The Balaban J connectivity index is 2.02. The number of aryl methyl sites for hydroxylation is 1. The summed E-state index contributed by atoms with van der Waals surface area (Å²) in [5.41, 5.74) is 1.11. The number of hydrogen-bond acceptors (Lipinski definition) is 4. The number of rotatable bonds is 2. The number of aromatic nitrogens is 4. The third kappa shape index (κ3) is 1.95. The average molecular weight is 269 g/mol. The van der Waals surface area contributed by atoms with Gasteiger partial charge in [-0.25, -0.2) is 4.98 Å². The molecule has 0 saturated heterocycles. The molecule has 3 aromatic heterocycles. The molecule has 0 spiro atoms. The van der Waals surface area contributed by atoms with Crippen molar-refractivity contribution in [3.63, 3.8) is 0 Å². The van der Waals surface area contributed by atoms with Gasteiger partial charge in [0.2, 0.25) is 0 Å². The molecule has 3 rings (SSSR count). The first-order valence-electron chi connectivity index (χ1n) is 5.92. The summed E-state index contributed by atoms with van der Waals surface area (Å²) in [5.74, 6) is -0.328. The lowest BCUT2D eigenvalue weighted by Gasteiger charge is -2.05. The second-order valence-electron chi connectivity index (χ2n) is 4.20. The van der Waals surface area contributed by atoms with Gasteiger partial charge in [0.15, 0.2) is 5.65 Å². The van der Waals surface area contributed by atoms with Crippen molar-refractivity contribution in [2.24, 2.45) is 7.05 Å². The zero-order valence-electron chi connectivity index (χ0n) is 10.6. The van der Waals surface area contributed by atoms with Crippen LogP contribution in [0.5, 0.6) is 0 Å². The predicted octanol–water partition coefficient (Wildman–Crippen LogP) is 0.680. The highest BCUT2D eigenvalue weighted by Crippen LogP contribution is 2.09. The molecule has 0 aromatic carbocycles. The van der Waals surface area contributed by atoms with Crippen LogP contribution in [0.15, 0.2) is 47.7 Å². The number of carbonyl (C=O) groups is 1. The Morgan fingerprint density at radius 2 is 2.15 bits per heavy atom. The average Bonchev–Trinajstić information content (AvgIpc) is 2.79. The number of pyridine rings is 1. The molecule has 7 nitrogen and oxygen atoms in total. The molecule has 0 bridgehead atoms. The highest BCUT2D eigenvalue weighted by Gasteiger charge is 2.14. The number of amides is 1. The van der Waals surface area contributed by atoms with E-state index in [-0.39, 0.29) is 11.5 Å². The fourth-order valence-corrected chi connectivity index (χ4v) is 1.98. The highest BCUT2D eigenvalue weighted by molar-refractivity contribution is 6.03. The van der Waals surface area contributed by atoms with E-state index in [2.05, 4.69) is 15.3 Å². The minimum Gasteiger partial charge on any atom is -0.319 e. The molecule has 0 aliphatic heterocycles. The Kier molecular flexibility index (Phi) is 2.79. The SMILES string of the molecule is Cn1c(C(=O)Nc2cccnc2)cc2nccc(=O)n21. The molecule has 7 heteroatoms. The van der Waals surface area contributed by atoms with E-state index in [0.29, 0.717) is 17.0 Å². The molecule has 20 heavy (non-hydrogen) atoms. The summed E-state index contributed by atoms with van der Waals surface area (Å²) in [5, 5.41) is 2.71. The van der Waals surface area contributed by atoms with Crippen LogP contribution in [-0.2, 0) is 7.05 Å². The first-order chi connectivity index (χ1) is 9.66. The van der Waals surface area contributed by atoms with E-state index in [1.54, 1.807) is 37.6 Å². The van der Waals surface area contributed by atoms with E-state index >= 15 is 0 Å². The topological polar surface area (TPSA) is 81.3 Å². The quantitative estimate of drug-likeness (QED) is 0.741. The number of fused-ring (bicyclic) bond motifs is 1. The summed E-state index contributed by atoms with van der Waals surface area (Å²) in [6, 6.07) is 6.37. The molecule has 0 radical (unpaired) electrons. The summed E-state index contributed by atoms with van der Waals surface area (Å²) in [6.07, 6.45) is 4.58. The maximum Gasteiger partial charge on any atom is 0.273 e. The smallest absolute Gasteiger partial charge is 0.273 e. The lowest BCUT2D eigenvalue weighted by Crippen LogP contribution is -2.22. The van der Waals surface area contributed by atoms with Crippen LogP contribution in [0.1, 0.15) is 10.5 Å². The zero-order valence-corrected chi connectivity index (χ0v) is 10.6. The standard InChI is InChI=1S/C13H11N5O2/c1-17-10(7-11-15-6-4-12(19)18(11)17)13(20)16-9-3-2-5-14-8-9/h2-8H,1H3,(H,16,20). The van der Waals surface area contributed by atoms with Crippen molar-refractivity contribution in [1.82, 2.24) is 19.2 Å². The lowest BCUT2D eigenvalue weighted by atomic mass is 10.3. The number of carbonyl (C=O) groups excluding carboxylic acids is 1. The van der Waals surface area contributed by atoms with Gasteiger partial charge in [-0.2, -0.15) is 4.52 Å². The van der Waals surface area contributed by atoms with Crippen LogP contribution in [0.2, 0.25) is 0 Å². The third-order valence-corrected chi connectivity index (χ3v) is 2.92. The first kappa shape index (κ1) is 12.1. The molecule has 3 aromatic rings. The van der Waals surface area contributed by atoms with Crippen molar-refractivity contribution in [3.05, 3.63) is 58.9 Å². The minimum atomic E-state index is -0.328. The molecule has 1 N–H and O–H groups in total. The molecule has 0 saturated carbocycles. The number of anilines is 1. The normalized spacial score (nSPS) is 10.7. The Bertz CT molecular complexity index is 835. The molecule has 0 atom stereocenters. The molecular weight excluding hydrogens is 258 g/mol. The Hall–Kier alpha value is -2.96. The summed E-state index contributed by atoms with van der Waals surface area (Å²) in [7, 11) is 1.63. The van der Waals surface area contributed by atoms with Crippen LogP contribution in [0.3, 0.4) is 0 Å². The maximum atomic E-state index is 12.2. The van der Waals surface area contributed by atoms with E-state index in [1.165, 1.54) is 21.5 Å². The van der Waals surface area contributed by atoms with Gasteiger partial charge in [0, 0.05) is 31.6 Å². The van der Waals surface area contributed by atoms with Gasteiger partial charge in [-0.15, -0.1) is 0 Å². The largest absolute Gasteiger partial charge is 0.319 e. The van der Waals surface area contributed by atoms with Crippen LogP contribution in [0, 0.1) is 0 Å². The van der Waals surface area contributed by atoms with Crippen molar-refractivity contribution in [2.75, 3.05) is 5.32 Å². The fourth-order valence-electron chi connectivity index (χ4n) is 1.98. The van der Waals surface area contributed by atoms with Crippen LogP contribution in [0.4, 0.5) is 5.69 Å². The number of hydrogen-bond donors (Lipinski definition) is 1.